The predicted molar refractivity (Wildman–Crippen MR) is 110 cm³/mol. The van der Waals surface area contributed by atoms with Crippen molar-refractivity contribution in [1.82, 2.24) is 0 Å². The molecule has 0 saturated heterocycles. The van der Waals surface area contributed by atoms with E-state index in [9.17, 15) is 0 Å². The van der Waals surface area contributed by atoms with Crippen molar-refractivity contribution in [3.05, 3.63) is 95.8 Å². The van der Waals surface area contributed by atoms with Crippen molar-refractivity contribution < 1.29 is 0 Å². The fourth-order valence-electron chi connectivity index (χ4n) is 2.92. The first kappa shape index (κ1) is 18.4. The molecule has 0 bridgehead atoms. The third kappa shape index (κ3) is 3.75. The molecule has 1 heteroatoms. The number of hydrogen-bond acceptors (Lipinski definition) is 1. The molecule has 0 aliphatic carbocycles. The van der Waals surface area contributed by atoms with E-state index in [-0.39, 0.29) is 0 Å². The number of nitrogens with zero attached hydrogens (tertiary/aromatic N) is 1. The average Bonchev–Trinajstić information content (AvgIpc) is 2.61. The molecule has 0 spiro atoms. The maximum atomic E-state index is 5.63. The second-order valence-corrected chi connectivity index (χ2v) is 6.16. The van der Waals surface area contributed by atoms with Crippen molar-refractivity contribution in [2.24, 2.45) is 0 Å². The molecule has 25 heavy (non-hydrogen) atoms. The first-order valence-corrected chi connectivity index (χ1v) is 8.40. The van der Waals surface area contributed by atoms with E-state index in [2.05, 4.69) is 56.5 Å². The van der Waals surface area contributed by atoms with Gasteiger partial charge in [0.1, 0.15) is 0 Å². The zero-order valence-electron chi connectivity index (χ0n) is 15.4. The van der Waals surface area contributed by atoms with Gasteiger partial charge in [-0.3, -0.25) is 0 Å². The smallest absolute Gasteiger partial charge is 0.0533 e. The summed E-state index contributed by atoms with van der Waals surface area (Å²) in [7, 11) is 0. The summed E-state index contributed by atoms with van der Waals surface area (Å²) in [4.78, 5) is 2.08. The first-order valence-electron chi connectivity index (χ1n) is 8.40. The minimum absolute atomic E-state index is 0.831. The molecule has 0 atom stereocenters. The van der Waals surface area contributed by atoms with Gasteiger partial charge in [-0.05, 0) is 55.2 Å². The van der Waals surface area contributed by atoms with Gasteiger partial charge in [-0.15, -0.1) is 6.42 Å². The summed E-state index contributed by atoms with van der Waals surface area (Å²) < 4.78 is 0. The molecule has 0 unspecified atom stereocenters. The largest absolute Gasteiger partial charge is 0.319 e. The molecule has 2 aromatic rings. The van der Waals surface area contributed by atoms with Crippen molar-refractivity contribution in [3.63, 3.8) is 0 Å². The van der Waals surface area contributed by atoms with Crippen LogP contribution in [0.15, 0.2) is 73.6 Å². The van der Waals surface area contributed by atoms with Crippen LogP contribution in [-0.4, -0.2) is 0 Å². The Hall–Kier alpha value is -2.98. The molecule has 126 valence electrons. The summed E-state index contributed by atoms with van der Waals surface area (Å²) in [5, 5.41) is 0. The summed E-state index contributed by atoms with van der Waals surface area (Å²) in [6.45, 7) is 18.9. The van der Waals surface area contributed by atoms with E-state index in [1.807, 2.05) is 37.3 Å². The number of hydrogen-bond donors (Lipinski definition) is 0. The average molecular weight is 327 g/mol. The third-order valence-corrected chi connectivity index (χ3v) is 4.31. The fraction of sp³-hybridized carbons (Fsp3) is 0.167. The lowest BCUT2D eigenvalue weighted by atomic mass is 9.92. The van der Waals surface area contributed by atoms with Crippen LogP contribution in [0.1, 0.15) is 42.5 Å². The summed E-state index contributed by atoms with van der Waals surface area (Å²) >= 11 is 0. The Morgan fingerprint density at radius 3 is 2.32 bits per heavy atom. The summed E-state index contributed by atoms with van der Waals surface area (Å²) in [6, 6.07) is 14.2. The van der Waals surface area contributed by atoms with Gasteiger partial charge in [0, 0.05) is 22.5 Å². The Morgan fingerprint density at radius 1 is 1.08 bits per heavy atom. The van der Waals surface area contributed by atoms with Crippen LogP contribution in [-0.2, 0) is 0 Å². The molecule has 0 amide bonds. The molecule has 0 heterocycles. The SMILES string of the molecule is C#Cc1ccc(N(C(=C)C)C(=C)CC)c(C(=C)c2ccccc2C)c1. The molecular weight excluding hydrogens is 302 g/mol. The van der Waals surface area contributed by atoms with Gasteiger partial charge in [0.25, 0.3) is 0 Å². The van der Waals surface area contributed by atoms with E-state index in [0.29, 0.717) is 0 Å². The fourth-order valence-corrected chi connectivity index (χ4v) is 2.92. The van der Waals surface area contributed by atoms with Crippen molar-refractivity contribution in [2.75, 3.05) is 4.90 Å². The molecule has 0 aliphatic heterocycles. The van der Waals surface area contributed by atoms with Gasteiger partial charge in [0.05, 0.1) is 5.69 Å². The molecule has 2 aromatic carbocycles. The van der Waals surface area contributed by atoms with Crippen molar-refractivity contribution >= 4 is 11.3 Å². The van der Waals surface area contributed by atoms with E-state index < -0.39 is 0 Å². The molecule has 1 nitrogen and oxygen atoms in total. The minimum Gasteiger partial charge on any atom is -0.319 e. The molecule has 0 aliphatic rings. The number of terminal acetylenes is 1. The Kier molecular flexibility index (Phi) is 5.67. The monoisotopic (exact) mass is 327 g/mol. The minimum atomic E-state index is 0.831. The number of allylic oxidation sites excluding steroid dienone is 2. The second kappa shape index (κ2) is 7.73. The van der Waals surface area contributed by atoms with E-state index in [1.165, 1.54) is 5.56 Å². The summed E-state index contributed by atoms with van der Waals surface area (Å²) in [5.74, 6) is 2.72. The lowest BCUT2D eigenvalue weighted by Crippen LogP contribution is -2.20. The van der Waals surface area contributed by atoms with Crippen LogP contribution in [0.4, 0.5) is 5.69 Å². The highest BCUT2D eigenvalue weighted by atomic mass is 15.1. The topological polar surface area (TPSA) is 3.24 Å². The maximum Gasteiger partial charge on any atom is 0.0533 e. The molecule has 0 saturated carbocycles. The molecule has 0 fully saturated rings. The van der Waals surface area contributed by atoms with E-state index >= 15 is 0 Å². The van der Waals surface area contributed by atoms with Gasteiger partial charge in [-0.2, -0.15) is 0 Å². The zero-order chi connectivity index (χ0) is 18.6. The third-order valence-electron chi connectivity index (χ3n) is 4.31. The second-order valence-electron chi connectivity index (χ2n) is 6.16. The summed E-state index contributed by atoms with van der Waals surface area (Å²) in [5.41, 5.74) is 7.98. The van der Waals surface area contributed by atoms with E-state index in [4.69, 9.17) is 6.42 Å². The predicted octanol–water partition coefficient (Wildman–Crippen LogP) is 6.30. The van der Waals surface area contributed by atoms with E-state index in [0.717, 1.165) is 45.8 Å². The highest BCUT2D eigenvalue weighted by Crippen LogP contribution is 2.36. The molecule has 0 aromatic heterocycles. The number of rotatable bonds is 6. The standard InChI is InChI=1S/C24H25N/c1-8-19(6)25(17(3)4)24-15-14-21(9-2)16-23(24)20(7)22-13-11-10-12-18(22)5/h2,10-16H,3,6-8H2,1,4-5H3. The lowest BCUT2D eigenvalue weighted by Gasteiger charge is -2.29. The van der Waals surface area contributed by atoms with Crippen LogP contribution in [0, 0.1) is 19.3 Å². The highest BCUT2D eigenvalue weighted by molar-refractivity contribution is 5.88. The van der Waals surface area contributed by atoms with Crippen LogP contribution >= 0.6 is 0 Å². The van der Waals surface area contributed by atoms with Crippen LogP contribution < -0.4 is 4.90 Å². The van der Waals surface area contributed by atoms with Gasteiger partial charge in [-0.25, -0.2) is 0 Å². The first-order chi connectivity index (χ1) is 11.9. The van der Waals surface area contributed by atoms with E-state index in [1.54, 1.807) is 0 Å². The number of benzene rings is 2. The number of anilines is 1. The molecule has 0 N–H and O–H groups in total. The van der Waals surface area contributed by atoms with Crippen LogP contribution in [0.25, 0.3) is 5.57 Å². The van der Waals surface area contributed by atoms with Crippen LogP contribution in [0.5, 0.6) is 0 Å². The molecule has 0 radical (unpaired) electrons. The normalized spacial score (nSPS) is 10.0. The Bertz CT molecular complexity index is 877. The van der Waals surface area contributed by atoms with Gasteiger partial charge in [0.2, 0.25) is 0 Å². The molecular formula is C24H25N. The lowest BCUT2D eigenvalue weighted by molar-refractivity contribution is 0.975. The Labute approximate surface area is 152 Å². The highest BCUT2D eigenvalue weighted by Gasteiger charge is 2.18. The van der Waals surface area contributed by atoms with Crippen LogP contribution in [0.3, 0.4) is 0 Å². The quantitative estimate of drug-likeness (QED) is 0.563. The summed E-state index contributed by atoms with van der Waals surface area (Å²) in [6.07, 6.45) is 6.46. The van der Waals surface area contributed by atoms with Gasteiger partial charge >= 0.3 is 0 Å². The zero-order valence-corrected chi connectivity index (χ0v) is 15.4. The van der Waals surface area contributed by atoms with Crippen molar-refractivity contribution in [2.45, 2.75) is 27.2 Å². The van der Waals surface area contributed by atoms with Crippen molar-refractivity contribution in [3.8, 4) is 12.3 Å². The molecule has 2 rings (SSSR count). The van der Waals surface area contributed by atoms with Gasteiger partial charge < -0.3 is 4.90 Å². The van der Waals surface area contributed by atoms with Crippen molar-refractivity contribution in [1.29, 1.82) is 0 Å². The van der Waals surface area contributed by atoms with Gasteiger partial charge in [-0.1, -0.05) is 56.8 Å². The van der Waals surface area contributed by atoms with Crippen LogP contribution in [0.2, 0.25) is 0 Å². The Morgan fingerprint density at radius 2 is 1.76 bits per heavy atom. The maximum absolute atomic E-state index is 5.63. The van der Waals surface area contributed by atoms with Gasteiger partial charge in [0.15, 0.2) is 0 Å². The Balaban J connectivity index is 2.69. The number of aryl methyl sites for hydroxylation is 1.